The molecule has 4 rings (SSSR count). The molecule has 3 fully saturated rings. The number of hydrogen-bond acceptors (Lipinski definition) is 4. The first-order valence-corrected chi connectivity index (χ1v) is 12.3. The molecule has 1 saturated heterocycles. The number of rotatable bonds is 8. The van der Waals surface area contributed by atoms with Crippen LogP contribution in [0.25, 0.3) is 0 Å². The average Bonchev–Trinajstić information content (AvgIpc) is 3.69. The van der Waals surface area contributed by atoms with Crippen molar-refractivity contribution in [3.63, 3.8) is 0 Å². The van der Waals surface area contributed by atoms with Gasteiger partial charge in [0, 0.05) is 6.54 Å². The third-order valence-electron chi connectivity index (χ3n) is 6.73. The molecule has 0 bridgehead atoms. The van der Waals surface area contributed by atoms with Crippen molar-refractivity contribution in [3.05, 3.63) is 47.7 Å². The molecule has 7 heteroatoms. The number of aliphatic imine (C=N–C) groups is 1. The van der Waals surface area contributed by atoms with Gasteiger partial charge in [0.05, 0.1) is 11.5 Å². The van der Waals surface area contributed by atoms with Crippen LogP contribution in [0.15, 0.2) is 35.3 Å². The zero-order valence-corrected chi connectivity index (χ0v) is 19.9. The minimum absolute atomic E-state index is 0.0715. The third kappa shape index (κ3) is 4.40. The molecule has 0 radical (unpaired) electrons. The van der Waals surface area contributed by atoms with Crippen LogP contribution < -0.4 is 11.1 Å². The van der Waals surface area contributed by atoms with Gasteiger partial charge in [-0.05, 0) is 31.6 Å². The Balaban J connectivity index is 1.32. The molecule has 1 aliphatic heterocycles. The van der Waals surface area contributed by atoms with E-state index in [4.69, 9.17) is 5.73 Å². The van der Waals surface area contributed by atoms with Crippen LogP contribution in [0.4, 0.5) is 0 Å². The van der Waals surface area contributed by atoms with Gasteiger partial charge in [-0.1, -0.05) is 12.8 Å². The van der Waals surface area contributed by atoms with Crippen molar-refractivity contribution in [3.8, 4) is 0 Å². The summed E-state index contributed by atoms with van der Waals surface area (Å²) in [5.41, 5.74) is 7.89. The summed E-state index contributed by atoms with van der Waals surface area (Å²) in [5, 5.41) is 2.59. The Bertz CT molecular complexity index is 870. The van der Waals surface area contributed by atoms with Crippen LogP contribution in [0.3, 0.4) is 0 Å². The maximum atomic E-state index is 13.1. The maximum Gasteiger partial charge on any atom is 0.229 e. The minimum Gasteiger partial charge on any atom is -0.333 e. The number of carbonyl (C=O) groups is 2. The van der Waals surface area contributed by atoms with E-state index < -0.39 is 0 Å². The largest absolute Gasteiger partial charge is 0.333 e. The fourth-order valence-electron chi connectivity index (χ4n) is 4.76. The molecule has 2 unspecified atom stereocenters. The smallest absolute Gasteiger partial charge is 0.229 e. The van der Waals surface area contributed by atoms with E-state index in [1.165, 1.54) is 45.0 Å². The van der Waals surface area contributed by atoms with Crippen LogP contribution in [0.2, 0.25) is 0 Å². The number of amides is 2. The molecule has 2 amide bonds. The molecular formula is C23H27N4O2W-. The molecule has 0 spiro atoms. The van der Waals surface area contributed by atoms with Crippen molar-refractivity contribution in [1.29, 1.82) is 0 Å². The number of allylic oxidation sites excluding steroid dienone is 1. The summed E-state index contributed by atoms with van der Waals surface area (Å²) in [6.45, 7) is 0.745. The zero-order valence-electron chi connectivity index (χ0n) is 16.9. The van der Waals surface area contributed by atoms with E-state index in [9.17, 15) is 9.59 Å². The Labute approximate surface area is 188 Å². The number of benzene rings is 1. The molecule has 1 aromatic rings. The van der Waals surface area contributed by atoms with Crippen molar-refractivity contribution in [2.75, 3.05) is 6.54 Å². The van der Waals surface area contributed by atoms with Crippen LogP contribution >= 0.6 is 0 Å². The molecule has 2 atom stereocenters. The Morgan fingerprint density at radius 1 is 1.27 bits per heavy atom. The van der Waals surface area contributed by atoms with Gasteiger partial charge in [0.15, 0.2) is 0 Å². The molecule has 2 saturated carbocycles. The third-order valence-corrected chi connectivity index (χ3v) is 7.16. The zero-order chi connectivity index (χ0) is 21.1. The standard InChI is InChI=1S/C23H27N4O2.W/c1-25-13-4-14-26-21(28)17-9-7-16(8-10-17)20(24)19-15-27(19)22(29)23(11-12-23)18-5-2-3-6-18;/h1,4,7-10,13,18-20H,2-3,5-6,11-12,15,24H2,(H,26,28);/q-1;. The predicted molar refractivity (Wildman–Crippen MR) is 112 cm³/mol. The van der Waals surface area contributed by atoms with Gasteiger partial charge in [-0.3, -0.25) is 4.79 Å². The first-order chi connectivity index (χ1) is 14.6. The quantitative estimate of drug-likeness (QED) is 0.216. The second kappa shape index (κ2) is 9.07. The summed E-state index contributed by atoms with van der Waals surface area (Å²) >= 11 is 1.26. The monoisotopic (exact) mass is 575 g/mol. The molecule has 0 aromatic heterocycles. The van der Waals surface area contributed by atoms with Gasteiger partial charge in [0.1, 0.15) is 0 Å². The fourth-order valence-corrected chi connectivity index (χ4v) is 5.02. The van der Waals surface area contributed by atoms with Crippen molar-refractivity contribution in [1.82, 2.24) is 10.2 Å². The first kappa shape index (κ1) is 21.3. The average molecular weight is 575 g/mol. The van der Waals surface area contributed by atoms with Crippen molar-refractivity contribution >= 4 is 22.6 Å². The number of hydrogen-bond donors (Lipinski definition) is 2. The fraction of sp³-hybridized carbons (Fsp3) is 0.478. The van der Waals surface area contributed by atoms with E-state index in [2.05, 4.69) is 16.5 Å². The summed E-state index contributed by atoms with van der Waals surface area (Å²) in [5.74, 6) is 0.679. The summed E-state index contributed by atoms with van der Waals surface area (Å²) in [4.78, 5) is 31.2. The van der Waals surface area contributed by atoms with Crippen LogP contribution in [0.5, 0.6) is 0 Å². The van der Waals surface area contributed by atoms with E-state index in [0.29, 0.717) is 17.4 Å². The van der Waals surface area contributed by atoms with Gasteiger partial charge in [-0.2, -0.15) is 0 Å². The maximum absolute atomic E-state index is 13.1. The summed E-state index contributed by atoms with van der Waals surface area (Å²) in [7, 11) is 0. The first-order valence-electron chi connectivity index (χ1n) is 10.6. The topological polar surface area (TPSA) is 87.6 Å². The summed E-state index contributed by atoms with van der Waals surface area (Å²) in [6, 6.07) is 7.14. The number of nitrogens with one attached hydrogen (secondary N) is 1. The van der Waals surface area contributed by atoms with Gasteiger partial charge in [-0.25, -0.2) is 0 Å². The van der Waals surface area contributed by atoms with Crippen molar-refractivity contribution < 1.29 is 28.9 Å². The normalized spacial score (nSPS) is 23.6. The van der Waals surface area contributed by atoms with E-state index in [-0.39, 0.29) is 23.4 Å². The number of nitrogens with zero attached hydrogens (tertiary/aromatic N) is 2. The second-order valence-electron chi connectivity index (χ2n) is 8.48. The Morgan fingerprint density at radius 3 is 2.60 bits per heavy atom. The van der Waals surface area contributed by atoms with Crippen molar-refractivity contribution in [2.24, 2.45) is 22.1 Å². The Hall–Kier alpha value is -1.91. The molecule has 1 heterocycles. The van der Waals surface area contributed by atoms with E-state index >= 15 is 0 Å². The van der Waals surface area contributed by atoms with E-state index in [0.717, 1.165) is 24.9 Å². The molecule has 3 aliphatic rings. The molecule has 30 heavy (non-hydrogen) atoms. The Kier molecular flexibility index (Phi) is 6.45. The van der Waals surface area contributed by atoms with Crippen LogP contribution in [0, 0.1) is 17.5 Å². The molecule has 1 aromatic carbocycles. The minimum atomic E-state index is -0.235. The second-order valence-corrected chi connectivity index (χ2v) is 9.24. The molecule has 3 N–H and O–H groups in total. The molecular weight excluding hydrogens is 548 g/mol. The van der Waals surface area contributed by atoms with Crippen LogP contribution in [-0.2, 0) is 24.1 Å². The van der Waals surface area contributed by atoms with Gasteiger partial charge in [0.25, 0.3) is 0 Å². The van der Waals surface area contributed by atoms with Gasteiger partial charge >= 0.3 is 105 Å². The van der Waals surface area contributed by atoms with Gasteiger partial charge in [0.2, 0.25) is 5.91 Å². The van der Waals surface area contributed by atoms with Gasteiger partial charge < -0.3 is 10.6 Å². The summed E-state index contributed by atoms with van der Waals surface area (Å²) in [6.07, 6.45) is 12.9. The number of carbonyl (C=O) groups excluding carboxylic acids is 2. The molecule has 6 nitrogen and oxygen atoms in total. The number of nitrogens with two attached hydrogens (primary N) is 1. The SMILES string of the molecule is NC(c1ccc(C(=O)N[C-]=CC=N[CH]=[W])cc1)C1CN1C(=O)C1(C2CCCC2)CC1. The summed E-state index contributed by atoms with van der Waals surface area (Å²) < 4.78 is 1.73. The molecule has 2 aliphatic carbocycles. The molecule has 158 valence electrons. The Morgan fingerprint density at radius 2 is 1.97 bits per heavy atom. The van der Waals surface area contributed by atoms with Crippen molar-refractivity contribution in [2.45, 2.75) is 50.6 Å². The van der Waals surface area contributed by atoms with E-state index in [1.54, 1.807) is 28.9 Å². The van der Waals surface area contributed by atoms with E-state index in [1.807, 2.05) is 17.0 Å². The van der Waals surface area contributed by atoms with Gasteiger partial charge in [-0.15, -0.1) is 0 Å². The van der Waals surface area contributed by atoms with Crippen LogP contribution in [0.1, 0.15) is 60.5 Å². The predicted octanol–water partition coefficient (Wildman–Crippen LogP) is 2.29. The van der Waals surface area contributed by atoms with Crippen LogP contribution in [-0.4, -0.2) is 40.0 Å².